The predicted molar refractivity (Wildman–Crippen MR) is 84.1 cm³/mol. The van der Waals surface area contributed by atoms with Crippen LogP contribution in [0.25, 0.3) is 0 Å². The van der Waals surface area contributed by atoms with Crippen molar-refractivity contribution in [2.24, 2.45) is 0 Å². The maximum absolute atomic E-state index is 11.6. The van der Waals surface area contributed by atoms with Crippen LogP contribution in [0.4, 0.5) is 4.79 Å². The maximum atomic E-state index is 11.6. The second kappa shape index (κ2) is 6.01. The third-order valence-electron chi connectivity index (χ3n) is 3.57. The molecule has 1 saturated heterocycles. The average molecular weight is 297 g/mol. The lowest BCUT2D eigenvalue weighted by atomic mass is 9.89. The number of nitrogens with one attached hydrogen (secondary N) is 1. The molecule has 0 aromatic heterocycles. The molecule has 1 rings (SSSR count). The summed E-state index contributed by atoms with van der Waals surface area (Å²) in [6, 6.07) is -0.168. The molecule has 1 fully saturated rings. The fraction of sp³-hybridized carbons (Fsp3) is 0.800. The summed E-state index contributed by atoms with van der Waals surface area (Å²) in [6.45, 7) is 15.4. The van der Waals surface area contributed by atoms with Gasteiger partial charge in [-0.3, -0.25) is 0 Å². The molecule has 0 unspecified atom stereocenters. The maximum Gasteiger partial charge on any atom is 0.486 e. The summed E-state index contributed by atoms with van der Waals surface area (Å²) in [6.07, 6.45) is 1.40. The lowest BCUT2D eigenvalue weighted by molar-refractivity contribution is 0.00578. The van der Waals surface area contributed by atoms with Crippen molar-refractivity contribution in [3.05, 3.63) is 12.1 Å². The number of carbonyl (C=O) groups excluding carboxylic acids is 1. The van der Waals surface area contributed by atoms with Gasteiger partial charge in [0.05, 0.1) is 11.2 Å². The van der Waals surface area contributed by atoms with Crippen molar-refractivity contribution in [1.29, 1.82) is 0 Å². The molecule has 1 aliphatic rings. The summed E-state index contributed by atoms with van der Waals surface area (Å²) >= 11 is 0. The molecule has 1 N–H and O–H groups in total. The third kappa shape index (κ3) is 5.36. The van der Waals surface area contributed by atoms with Gasteiger partial charge in [0.15, 0.2) is 0 Å². The van der Waals surface area contributed by atoms with Crippen LogP contribution >= 0.6 is 0 Å². The van der Waals surface area contributed by atoms with Crippen LogP contribution in [-0.2, 0) is 14.0 Å². The summed E-state index contributed by atoms with van der Waals surface area (Å²) < 4.78 is 16.9. The van der Waals surface area contributed by atoms with Gasteiger partial charge >= 0.3 is 13.2 Å². The van der Waals surface area contributed by atoms with E-state index in [1.165, 1.54) is 0 Å². The van der Waals surface area contributed by atoms with E-state index >= 15 is 0 Å². The third-order valence-corrected chi connectivity index (χ3v) is 3.57. The van der Waals surface area contributed by atoms with E-state index in [0.717, 1.165) is 0 Å². The number of hydrogen-bond acceptors (Lipinski definition) is 4. The van der Waals surface area contributed by atoms with Gasteiger partial charge in [-0.25, -0.2) is 4.79 Å². The highest BCUT2D eigenvalue weighted by Crippen LogP contribution is 2.36. The monoisotopic (exact) mass is 297 g/mol. The van der Waals surface area contributed by atoms with Gasteiger partial charge in [-0.1, -0.05) is 12.1 Å². The van der Waals surface area contributed by atoms with E-state index in [4.69, 9.17) is 14.0 Å². The van der Waals surface area contributed by atoms with Crippen LogP contribution in [0.1, 0.15) is 55.4 Å². The van der Waals surface area contributed by atoms with Gasteiger partial charge < -0.3 is 19.4 Å². The van der Waals surface area contributed by atoms with Crippen molar-refractivity contribution < 1.29 is 18.8 Å². The van der Waals surface area contributed by atoms with Gasteiger partial charge in [0.2, 0.25) is 0 Å². The Morgan fingerprint density at radius 3 is 2.10 bits per heavy atom. The van der Waals surface area contributed by atoms with Gasteiger partial charge in [-0.05, 0) is 55.4 Å². The lowest BCUT2D eigenvalue weighted by Gasteiger charge is -2.32. The van der Waals surface area contributed by atoms with Gasteiger partial charge in [0.1, 0.15) is 5.60 Å². The SMILES string of the molecule is C[C@H](/C=C/B1OC(C)(C)C(C)(C)O1)NC(=O)OC(C)(C)C. The Kier molecular flexibility index (Phi) is 5.16. The van der Waals surface area contributed by atoms with Gasteiger partial charge in [-0.2, -0.15) is 0 Å². The van der Waals surface area contributed by atoms with Crippen LogP contribution in [0.15, 0.2) is 12.1 Å². The van der Waals surface area contributed by atoms with Crippen molar-refractivity contribution in [2.75, 3.05) is 0 Å². The topological polar surface area (TPSA) is 56.8 Å². The zero-order valence-corrected chi connectivity index (χ0v) is 14.4. The van der Waals surface area contributed by atoms with Gasteiger partial charge in [-0.15, -0.1) is 0 Å². The van der Waals surface area contributed by atoms with Crippen molar-refractivity contribution in [3.8, 4) is 0 Å². The van der Waals surface area contributed by atoms with Crippen LogP contribution < -0.4 is 5.32 Å². The van der Waals surface area contributed by atoms with Crippen LogP contribution in [0.2, 0.25) is 0 Å². The van der Waals surface area contributed by atoms with Crippen molar-refractivity contribution in [3.63, 3.8) is 0 Å². The van der Waals surface area contributed by atoms with E-state index in [9.17, 15) is 4.79 Å². The van der Waals surface area contributed by atoms with E-state index < -0.39 is 18.8 Å². The first-order valence-electron chi connectivity index (χ1n) is 7.36. The summed E-state index contributed by atoms with van der Waals surface area (Å²) in [5, 5.41) is 2.74. The molecule has 0 aromatic carbocycles. The summed E-state index contributed by atoms with van der Waals surface area (Å²) in [5.74, 6) is 1.82. The number of carbonyl (C=O) groups is 1. The van der Waals surface area contributed by atoms with E-state index in [1.54, 1.807) is 0 Å². The molecule has 0 radical (unpaired) electrons. The lowest BCUT2D eigenvalue weighted by Crippen LogP contribution is -2.41. The Bertz CT molecular complexity index is 396. The molecular formula is C15H28BNO4. The highest BCUT2D eigenvalue weighted by molar-refractivity contribution is 6.51. The van der Waals surface area contributed by atoms with E-state index in [0.29, 0.717) is 0 Å². The molecule has 1 atom stereocenters. The first kappa shape index (κ1) is 18.0. The minimum Gasteiger partial charge on any atom is -0.444 e. The fourth-order valence-corrected chi connectivity index (χ4v) is 1.77. The number of ether oxygens (including phenoxy) is 1. The first-order chi connectivity index (χ1) is 9.32. The molecule has 0 aromatic rings. The predicted octanol–water partition coefficient (Wildman–Crippen LogP) is 3.09. The number of amides is 1. The molecule has 0 saturated carbocycles. The summed E-state index contributed by atoms with van der Waals surface area (Å²) in [4.78, 5) is 11.6. The van der Waals surface area contributed by atoms with Crippen LogP contribution in [0.5, 0.6) is 0 Å². The molecule has 0 aliphatic carbocycles. The smallest absolute Gasteiger partial charge is 0.444 e. The second-order valence-corrected chi connectivity index (χ2v) is 7.44. The number of rotatable bonds is 3. The standard InChI is InChI=1S/C15H28BNO4/c1-11(17-12(18)19-13(2,3)4)9-10-16-20-14(5,6)15(7,8)21-16/h9-11H,1-8H3,(H,17,18)/b10-9+/t11-/m1/s1. The molecule has 5 nitrogen and oxygen atoms in total. The summed E-state index contributed by atoms with van der Waals surface area (Å²) in [5.41, 5.74) is -1.22. The zero-order valence-electron chi connectivity index (χ0n) is 14.4. The van der Waals surface area contributed by atoms with Crippen molar-refractivity contribution in [1.82, 2.24) is 5.32 Å². The minimum atomic E-state index is -0.501. The Morgan fingerprint density at radius 1 is 1.19 bits per heavy atom. The molecule has 1 aliphatic heterocycles. The molecule has 6 heteroatoms. The van der Waals surface area contributed by atoms with Crippen molar-refractivity contribution >= 4 is 13.2 Å². The first-order valence-corrected chi connectivity index (χ1v) is 7.36. The Morgan fingerprint density at radius 2 is 1.67 bits per heavy atom. The van der Waals surface area contributed by atoms with E-state index in [2.05, 4.69) is 5.32 Å². The highest BCUT2D eigenvalue weighted by Gasteiger charge is 2.50. The van der Waals surface area contributed by atoms with Crippen LogP contribution in [0.3, 0.4) is 0 Å². The van der Waals surface area contributed by atoms with E-state index in [-0.39, 0.29) is 17.2 Å². The van der Waals surface area contributed by atoms with E-state index in [1.807, 2.05) is 67.4 Å². The molecular weight excluding hydrogens is 269 g/mol. The van der Waals surface area contributed by atoms with Gasteiger partial charge in [0, 0.05) is 6.04 Å². The highest BCUT2D eigenvalue weighted by atomic mass is 16.7. The molecule has 0 spiro atoms. The summed E-state index contributed by atoms with van der Waals surface area (Å²) in [7, 11) is -0.405. The molecule has 21 heavy (non-hydrogen) atoms. The second-order valence-electron chi connectivity index (χ2n) is 7.44. The largest absolute Gasteiger partial charge is 0.486 e. The molecule has 120 valence electrons. The quantitative estimate of drug-likeness (QED) is 0.813. The average Bonchev–Trinajstić information content (AvgIpc) is 2.41. The molecule has 0 bridgehead atoms. The van der Waals surface area contributed by atoms with Crippen molar-refractivity contribution in [2.45, 2.75) is 78.2 Å². The molecule has 1 heterocycles. The number of alkyl carbamates (subject to hydrolysis) is 1. The number of hydrogen-bond donors (Lipinski definition) is 1. The Labute approximate surface area is 128 Å². The fourth-order valence-electron chi connectivity index (χ4n) is 1.77. The van der Waals surface area contributed by atoms with Crippen LogP contribution in [0, 0.1) is 0 Å². The Balaban J connectivity index is 2.49. The normalized spacial score (nSPS) is 22.4. The zero-order chi connectivity index (χ0) is 16.5. The van der Waals surface area contributed by atoms with Gasteiger partial charge in [0.25, 0.3) is 0 Å². The minimum absolute atomic E-state index is 0.168. The van der Waals surface area contributed by atoms with Crippen LogP contribution in [-0.4, -0.2) is 36.1 Å². The molecule has 1 amide bonds. The Hall–Kier alpha value is -1.01.